The van der Waals surface area contributed by atoms with Crippen molar-refractivity contribution in [2.45, 2.75) is 58.5 Å². The van der Waals surface area contributed by atoms with E-state index in [1.54, 1.807) is 0 Å². The molecule has 2 heteroatoms. The first kappa shape index (κ1) is 12.0. The van der Waals surface area contributed by atoms with Gasteiger partial charge in [-0.05, 0) is 38.1 Å². The Hall–Kier alpha value is -0.0800. The Kier molecular flexibility index (Phi) is 4.90. The molecule has 1 rings (SSSR count). The molecule has 1 aliphatic heterocycles. The van der Waals surface area contributed by atoms with Crippen molar-refractivity contribution in [3.63, 3.8) is 0 Å². The van der Waals surface area contributed by atoms with Crippen LogP contribution in [0.2, 0.25) is 0 Å². The molecule has 0 spiro atoms. The maximum atomic E-state index is 5.89. The zero-order valence-electron chi connectivity index (χ0n) is 10.00. The van der Waals surface area contributed by atoms with E-state index in [-0.39, 0.29) is 0 Å². The van der Waals surface area contributed by atoms with Gasteiger partial charge in [0, 0.05) is 18.6 Å². The number of likely N-dealkylation sites (tertiary alicyclic amines) is 1. The zero-order chi connectivity index (χ0) is 10.6. The Morgan fingerprint density at radius 2 is 2.00 bits per heavy atom. The maximum absolute atomic E-state index is 5.89. The van der Waals surface area contributed by atoms with E-state index in [4.69, 9.17) is 5.73 Å². The van der Waals surface area contributed by atoms with Gasteiger partial charge in [-0.2, -0.15) is 0 Å². The van der Waals surface area contributed by atoms with E-state index >= 15 is 0 Å². The third-order valence-corrected chi connectivity index (χ3v) is 3.81. The highest BCUT2D eigenvalue weighted by atomic mass is 15.2. The Morgan fingerprint density at radius 3 is 2.50 bits per heavy atom. The summed E-state index contributed by atoms with van der Waals surface area (Å²) >= 11 is 0. The third-order valence-electron chi connectivity index (χ3n) is 3.81. The van der Waals surface area contributed by atoms with E-state index in [2.05, 4.69) is 25.7 Å². The molecule has 14 heavy (non-hydrogen) atoms. The predicted octanol–water partition coefficient (Wildman–Crippen LogP) is 2.23. The van der Waals surface area contributed by atoms with E-state index < -0.39 is 0 Å². The fraction of sp³-hybridized carbons (Fsp3) is 1.00. The van der Waals surface area contributed by atoms with Crippen molar-refractivity contribution in [1.82, 2.24) is 4.90 Å². The highest BCUT2D eigenvalue weighted by molar-refractivity contribution is 4.86. The molecule has 2 atom stereocenters. The van der Waals surface area contributed by atoms with Crippen LogP contribution in [0.1, 0.15) is 46.5 Å². The smallest absolute Gasteiger partial charge is 0.0246 e. The molecule has 1 fully saturated rings. The summed E-state index contributed by atoms with van der Waals surface area (Å²) in [5.41, 5.74) is 5.89. The summed E-state index contributed by atoms with van der Waals surface area (Å²) in [7, 11) is 0. The minimum Gasteiger partial charge on any atom is -0.329 e. The van der Waals surface area contributed by atoms with Gasteiger partial charge in [0.2, 0.25) is 0 Å². The van der Waals surface area contributed by atoms with Gasteiger partial charge in [-0.1, -0.05) is 20.8 Å². The Bertz CT molecular complexity index is 154. The Morgan fingerprint density at radius 1 is 1.36 bits per heavy atom. The number of hydrogen-bond acceptors (Lipinski definition) is 2. The van der Waals surface area contributed by atoms with E-state index in [0.29, 0.717) is 6.04 Å². The minimum absolute atomic E-state index is 0.633. The summed E-state index contributed by atoms with van der Waals surface area (Å²) in [6.45, 7) is 9.03. The summed E-state index contributed by atoms with van der Waals surface area (Å²) < 4.78 is 0. The summed E-state index contributed by atoms with van der Waals surface area (Å²) in [6.07, 6.45) is 5.24. The molecule has 2 nitrogen and oxygen atoms in total. The van der Waals surface area contributed by atoms with Crippen LogP contribution in [-0.4, -0.2) is 30.1 Å². The van der Waals surface area contributed by atoms with E-state index in [0.717, 1.165) is 18.5 Å². The number of hydrogen-bond donors (Lipinski definition) is 1. The van der Waals surface area contributed by atoms with Crippen LogP contribution in [-0.2, 0) is 0 Å². The standard InChI is InChI=1S/C12H26N2/c1-4-11(5-2)14-8-6-7-10(3)12(14)9-13/h10-12H,4-9,13H2,1-3H3. The lowest BCUT2D eigenvalue weighted by molar-refractivity contribution is 0.0583. The van der Waals surface area contributed by atoms with Crippen LogP contribution >= 0.6 is 0 Å². The number of rotatable bonds is 4. The second-order valence-corrected chi connectivity index (χ2v) is 4.63. The molecule has 0 saturated carbocycles. The molecule has 1 aliphatic rings. The molecule has 0 radical (unpaired) electrons. The lowest BCUT2D eigenvalue weighted by atomic mass is 9.88. The lowest BCUT2D eigenvalue weighted by Crippen LogP contribution is -2.52. The van der Waals surface area contributed by atoms with Crippen molar-refractivity contribution in [2.75, 3.05) is 13.1 Å². The lowest BCUT2D eigenvalue weighted by Gasteiger charge is -2.43. The molecule has 0 bridgehead atoms. The SMILES string of the molecule is CCC(CC)N1CCCC(C)C1CN. The predicted molar refractivity (Wildman–Crippen MR) is 62.3 cm³/mol. The second-order valence-electron chi connectivity index (χ2n) is 4.63. The highest BCUT2D eigenvalue weighted by Crippen LogP contribution is 2.26. The van der Waals surface area contributed by atoms with Gasteiger partial charge in [-0.15, -0.1) is 0 Å². The first-order chi connectivity index (χ1) is 6.74. The number of nitrogens with zero attached hydrogens (tertiary/aromatic N) is 1. The number of nitrogens with two attached hydrogens (primary N) is 1. The van der Waals surface area contributed by atoms with E-state index in [1.807, 2.05) is 0 Å². The van der Waals surface area contributed by atoms with E-state index in [9.17, 15) is 0 Å². The van der Waals surface area contributed by atoms with Crippen LogP contribution in [0, 0.1) is 5.92 Å². The average Bonchev–Trinajstić information content (AvgIpc) is 2.20. The average molecular weight is 198 g/mol. The molecule has 2 N–H and O–H groups in total. The molecule has 1 heterocycles. The molecule has 2 unspecified atom stereocenters. The highest BCUT2D eigenvalue weighted by Gasteiger charge is 2.30. The Labute approximate surface area is 88.8 Å². The van der Waals surface area contributed by atoms with E-state index in [1.165, 1.54) is 32.2 Å². The summed E-state index contributed by atoms with van der Waals surface area (Å²) in [5.74, 6) is 0.786. The van der Waals surface area contributed by atoms with Crippen LogP contribution in [0.4, 0.5) is 0 Å². The fourth-order valence-corrected chi connectivity index (χ4v) is 2.86. The molecule has 0 amide bonds. The van der Waals surface area contributed by atoms with Crippen molar-refractivity contribution < 1.29 is 0 Å². The Balaban J connectivity index is 2.63. The first-order valence-electron chi connectivity index (χ1n) is 6.20. The van der Waals surface area contributed by atoms with Gasteiger partial charge in [0.15, 0.2) is 0 Å². The molecule has 84 valence electrons. The second kappa shape index (κ2) is 5.72. The topological polar surface area (TPSA) is 29.3 Å². The van der Waals surface area contributed by atoms with Crippen molar-refractivity contribution in [1.29, 1.82) is 0 Å². The van der Waals surface area contributed by atoms with Crippen molar-refractivity contribution in [2.24, 2.45) is 11.7 Å². The number of piperidine rings is 1. The van der Waals surface area contributed by atoms with Gasteiger partial charge >= 0.3 is 0 Å². The molecule has 0 aliphatic carbocycles. The molecular weight excluding hydrogens is 172 g/mol. The molecule has 0 aromatic rings. The van der Waals surface area contributed by atoms with Crippen LogP contribution in [0.25, 0.3) is 0 Å². The molecular formula is C12H26N2. The minimum atomic E-state index is 0.633. The summed E-state index contributed by atoms with van der Waals surface area (Å²) in [6, 6.07) is 1.39. The van der Waals surface area contributed by atoms with Gasteiger partial charge in [0.25, 0.3) is 0 Å². The van der Waals surface area contributed by atoms with Gasteiger partial charge in [0.05, 0.1) is 0 Å². The van der Waals surface area contributed by atoms with Gasteiger partial charge in [-0.3, -0.25) is 4.90 Å². The summed E-state index contributed by atoms with van der Waals surface area (Å²) in [5, 5.41) is 0. The zero-order valence-corrected chi connectivity index (χ0v) is 10.00. The molecule has 1 saturated heterocycles. The van der Waals surface area contributed by atoms with Crippen molar-refractivity contribution in [3.05, 3.63) is 0 Å². The molecule has 0 aromatic carbocycles. The maximum Gasteiger partial charge on any atom is 0.0246 e. The third kappa shape index (κ3) is 2.48. The monoisotopic (exact) mass is 198 g/mol. The van der Waals surface area contributed by atoms with Crippen LogP contribution in [0.15, 0.2) is 0 Å². The summed E-state index contributed by atoms with van der Waals surface area (Å²) in [4.78, 5) is 2.66. The van der Waals surface area contributed by atoms with Gasteiger partial charge in [-0.25, -0.2) is 0 Å². The van der Waals surface area contributed by atoms with Crippen LogP contribution < -0.4 is 5.73 Å². The van der Waals surface area contributed by atoms with Gasteiger partial charge < -0.3 is 5.73 Å². The quantitative estimate of drug-likeness (QED) is 0.750. The normalized spacial score (nSPS) is 29.8. The first-order valence-corrected chi connectivity index (χ1v) is 6.20. The largest absolute Gasteiger partial charge is 0.329 e. The van der Waals surface area contributed by atoms with Crippen molar-refractivity contribution >= 4 is 0 Å². The fourth-order valence-electron chi connectivity index (χ4n) is 2.86. The van der Waals surface area contributed by atoms with Crippen LogP contribution in [0.5, 0.6) is 0 Å². The van der Waals surface area contributed by atoms with Crippen molar-refractivity contribution in [3.8, 4) is 0 Å². The van der Waals surface area contributed by atoms with Gasteiger partial charge in [0.1, 0.15) is 0 Å². The molecule has 0 aromatic heterocycles. The van der Waals surface area contributed by atoms with Crippen LogP contribution in [0.3, 0.4) is 0 Å².